The van der Waals surface area contributed by atoms with Gasteiger partial charge in [-0.1, -0.05) is 6.92 Å². The van der Waals surface area contributed by atoms with E-state index >= 15 is 0 Å². The third kappa shape index (κ3) is 3.14. The van der Waals surface area contributed by atoms with Crippen molar-refractivity contribution in [2.75, 3.05) is 32.8 Å². The second-order valence-corrected chi connectivity index (χ2v) is 5.70. The number of carbonyl (C=O) groups excluding carboxylic acids is 1. The van der Waals surface area contributed by atoms with Crippen LogP contribution in [-0.2, 0) is 4.74 Å². The third-order valence-corrected chi connectivity index (χ3v) is 4.28. The van der Waals surface area contributed by atoms with E-state index in [0.29, 0.717) is 19.8 Å². The summed E-state index contributed by atoms with van der Waals surface area (Å²) >= 11 is 0. The van der Waals surface area contributed by atoms with Gasteiger partial charge in [-0.3, -0.25) is 0 Å². The van der Waals surface area contributed by atoms with Crippen LogP contribution in [0.25, 0.3) is 0 Å². The highest BCUT2D eigenvalue weighted by molar-refractivity contribution is 5.75. The predicted octanol–water partition coefficient (Wildman–Crippen LogP) is 0.936. The standard InChI is InChI=1S/C13H25N3O2/c1-11-2-6-16(7-3-11)12(17)15-13(10-14)4-8-18-9-5-13/h11H,2-10,14H2,1H3,(H,15,17). The van der Waals surface area contributed by atoms with Gasteiger partial charge in [0.05, 0.1) is 5.54 Å². The number of hydrogen-bond acceptors (Lipinski definition) is 3. The highest BCUT2D eigenvalue weighted by Crippen LogP contribution is 2.21. The van der Waals surface area contributed by atoms with Crippen LogP contribution in [0, 0.1) is 5.92 Å². The number of piperidine rings is 1. The van der Waals surface area contributed by atoms with Gasteiger partial charge in [0.1, 0.15) is 0 Å². The number of nitrogens with two attached hydrogens (primary N) is 1. The van der Waals surface area contributed by atoms with Crippen LogP contribution in [-0.4, -0.2) is 49.3 Å². The van der Waals surface area contributed by atoms with E-state index < -0.39 is 0 Å². The molecule has 2 rings (SSSR count). The number of hydrogen-bond donors (Lipinski definition) is 2. The summed E-state index contributed by atoms with van der Waals surface area (Å²) in [5, 5.41) is 3.15. The van der Waals surface area contributed by atoms with Gasteiger partial charge in [0.2, 0.25) is 0 Å². The monoisotopic (exact) mass is 255 g/mol. The lowest BCUT2D eigenvalue weighted by Crippen LogP contribution is -2.60. The molecule has 5 heteroatoms. The Balaban J connectivity index is 1.89. The summed E-state index contributed by atoms with van der Waals surface area (Å²) in [5.74, 6) is 0.737. The Morgan fingerprint density at radius 1 is 1.39 bits per heavy atom. The van der Waals surface area contributed by atoms with Gasteiger partial charge in [-0.05, 0) is 31.6 Å². The molecular weight excluding hydrogens is 230 g/mol. The molecule has 2 amide bonds. The Bertz CT molecular complexity index is 282. The molecule has 0 saturated carbocycles. The molecule has 0 aromatic rings. The van der Waals surface area contributed by atoms with Crippen molar-refractivity contribution in [3.05, 3.63) is 0 Å². The van der Waals surface area contributed by atoms with Gasteiger partial charge in [0, 0.05) is 32.8 Å². The number of nitrogens with one attached hydrogen (secondary N) is 1. The van der Waals surface area contributed by atoms with Crippen molar-refractivity contribution < 1.29 is 9.53 Å². The van der Waals surface area contributed by atoms with E-state index in [1.54, 1.807) is 0 Å². The van der Waals surface area contributed by atoms with Crippen LogP contribution in [0.5, 0.6) is 0 Å². The van der Waals surface area contributed by atoms with Gasteiger partial charge in [-0.25, -0.2) is 4.79 Å². The third-order valence-electron chi connectivity index (χ3n) is 4.28. The van der Waals surface area contributed by atoms with Crippen molar-refractivity contribution in [2.24, 2.45) is 11.7 Å². The molecular formula is C13H25N3O2. The van der Waals surface area contributed by atoms with Gasteiger partial charge in [0.15, 0.2) is 0 Å². The minimum atomic E-state index is -0.252. The van der Waals surface area contributed by atoms with E-state index in [2.05, 4.69) is 12.2 Å². The quantitative estimate of drug-likeness (QED) is 0.771. The summed E-state index contributed by atoms with van der Waals surface area (Å²) in [6, 6.07) is 0.0502. The van der Waals surface area contributed by atoms with Crippen LogP contribution in [0.4, 0.5) is 4.79 Å². The van der Waals surface area contributed by atoms with Gasteiger partial charge in [0.25, 0.3) is 0 Å². The van der Waals surface area contributed by atoms with Crippen molar-refractivity contribution in [1.29, 1.82) is 0 Å². The maximum absolute atomic E-state index is 12.3. The fourth-order valence-electron chi connectivity index (χ4n) is 2.66. The molecule has 2 saturated heterocycles. The molecule has 0 aromatic heterocycles. The largest absolute Gasteiger partial charge is 0.381 e. The van der Waals surface area contributed by atoms with Crippen molar-refractivity contribution in [3.8, 4) is 0 Å². The molecule has 18 heavy (non-hydrogen) atoms. The Morgan fingerprint density at radius 2 is 2.00 bits per heavy atom. The molecule has 0 unspecified atom stereocenters. The molecule has 0 aliphatic carbocycles. The molecule has 0 radical (unpaired) electrons. The van der Waals surface area contributed by atoms with Crippen LogP contribution in [0.3, 0.4) is 0 Å². The Hall–Kier alpha value is -0.810. The van der Waals surface area contributed by atoms with Gasteiger partial charge in [-0.2, -0.15) is 0 Å². The molecule has 5 nitrogen and oxygen atoms in total. The lowest BCUT2D eigenvalue weighted by molar-refractivity contribution is 0.0423. The SMILES string of the molecule is CC1CCN(C(=O)NC2(CN)CCOCC2)CC1. The van der Waals surface area contributed by atoms with E-state index in [9.17, 15) is 4.79 Å². The zero-order valence-corrected chi connectivity index (χ0v) is 11.3. The Labute approximate surface area is 109 Å². The zero-order valence-electron chi connectivity index (χ0n) is 11.3. The van der Waals surface area contributed by atoms with Crippen LogP contribution < -0.4 is 11.1 Å². The second-order valence-electron chi connectivity index (χ2n) is 5.70. The number of amides is 2. The molecule has 2 aliphatic heterocycles. The highest BCUT2D eigenvalue weighted by Gasteiger charge is 2.34. The first-order valence-electron chi connectivity index (χ1n) is 7.00. The van der Waals surface area contributed by atoms with Crippen LogP contribution in [0.15, 0.2) is 0 Å². The van der Waals surface area contributed by atoms with Crippen molar-refractivity contribution in [3.63, 3.8) is 0 Å². The summed E-state index contributed by atoms with van der Waals surface area (Å²) in [5.41, 5.74) is 5.60. The van der Waals surface area contributed by atoms with E-state index in [1.807, 2.05) is 4.90 Å². The average molecular weight is 255 g/mol. The Kier molecular flexibility index (Phi) is 4.45. The summed E-state index contributed by atoms with van der Waals surface area (Å²) in [4.78, 5) is 14.2. The molecule has 2 fully saturated rings. The Morgan fingerprint density at radius 3 is 2.56 bits per heavy atom. The number of ether oxygens (including phenoxy) is 1. The first kappa shape index (κ1) is 13.6. The lowest BCUT2D eigenvalue weighted by atomic mass is 9.90. The zero-order chi connectivity index (χ0) is 13.0. The first-order valence-corrected chi connectivity index (χ1v) is 7.00. The van der Waals surface area contributed by atoms with E-state index in [4.69, 9.17) is 10.5 Å². The minimum absolute atomic E-state index is 0.0502. The maximum Gasteiger partial charge on any atom is 0.317 e. The fraction of sp³-hybridized carbons (Fsp3) is 0.923. The summed E-state index contributed by atoms with van der Waals surface area (Å²) < 4.78 is 5.35. The fourth-order valence-corrected chi connectivity index (χ4v) is 2.66. The van der Waals surface area contributed by atoms with E-state index in [-0.39, 0.29) is 11.6 Å². The summed E-state index contributed by atoms with van der Waals surface area (Å²) in [7, 11) is 0. The normalized spacial score (nSPS) is 24.9. The number of likely N-dealkylation sites (tertiary alicyclic amines) is 1. The first-order chi connectivity index (χ1) is 8.65. The van der Waals surface area contributed by atoms with Crippen molar-refractivity contribution >= 4 is 6.03 Å². The molecule has 0 spiro atoms. The molecule has 0 atom stereocenters. The number of nitrogens with zero attached hydrogens (tertiary/aromatic N) is 1. The van der Waals surface area contributed by atoms with Crippen molar-refractivity contribution in [1.82, 2.24) is 10.2 Å². The molecule has 2 aliphatic rings. The minimum Gasteiger partial charge on any atom is -0.381 e. The van der Waals surface area contributed by atoms with E-state index in [0.717, 1.165) is 44.7 Å². The second kappa shape index (κ2) is 5.89. The lowest BCUT2D eigenvalue weighted by Gasteiger charge is -2.39. The van der Waals surface area contributed by atoms with Gasteiger partial charge in [-0.15, -0.1) is 0 Å². The topological polar surface area (TPSA) is 67.6 Å². The molecule has 104 valence electrons. The van der Waals surface area contributed by atoms with Crippen LogP contribution >= 0.6 is 0 Å². The summed E-state index contributed by atoms with van der Waals surface area (Å²) in [6.45, 7) is 5.85. The molecule has 2 heterocycles. The highest BCUT2D eigenvalue weighted by atomic mass is 16.5. The number of carbonyl (C=O) groups is 1. The summed E-state index contributed by atoms with van der Waals surface area (Å²) in [6.07, 6.45) is 3.84. The predicted molar refractivity (Wildman–Crippen MR) is 70.3 cm³/mol. The molecule has 3 N–H and O–H groups in total. The average Bonchev–Trinajstić information content (AvgIpc) is 2.40. The molecule has 0 bridgehead atoms. The van der Waals surface area contributed by atoms with Gasteiger partial charge >= 0.3 is 6.03 Å². The van der Waals surface area contributed by atoms with Crippen LogP contribution in [0.1, 0.15) is 32.6 Å². The van der Waals surface area contributed by atoms with Crippen LogP contribution in [0.2, 0.25) is 0 Å². The van der Waals surface area contributed by atoms with E-state index in [1.165, 1.54) is 0 Å². The maximum atomic E-state index is 12.3. The number of urea groups is 1. The number of rotatable bonds is 2. The van der Waals surface area contributed by atoms with Crippen molar-refractivity contribution in [2.45, 2.75) is 38.1 Å². The smallest absolute Gasteiger partial charge is 0.317 e. The van der Waals surface area contributed by atoms with Gasteiger partial charge < -0.3 is 20.7 Å². The molecule has 0 aromatic carbocycles.